The molecule has 0 bridgehead atoms. The highest BCUT2D eigenvalue weighted by molar-refractivity contribution is 5.18. The van der Waals surface area contributed by atoms with Gasteiger partial charge in [-0.3, -0.25) is 4.90 Å². The minimum absolute atomic E-state index is 0.367. The van der Waals surface area contributed by atoms with Gasteiger partial charge in [-0.05, 0) is 25.3 Å². The second-order valence-corrected chi connectivity index (χ2v) is 5.34. The largest absolute Gasteiger partial charge is 0.392 e. The topological polar surface area (TPSA) is 23.5 Å². The zero-order valence-electron chi connectivity index (χ0n) is 11.3. The van der Waals surface area contributed by atoms with E-state index in [0.717, 1.165) is 31.7 Å². The SMILES string of the molecule is CCCC(O)CN(Cc1ccc(F)cc1F)C1CC1. The number of nitrogens with zero attached hydrogens (tertiary/aromatic N) is 1. The first kappa shape index (κ1) is 14.4. The van der Waals surface area contributed by atoms with Crippen molar-refractivity contribution in [2.24, 2.45) is 0 Å². The molecule has 1 aliphatic carbocycles. The van der Waals surface area contributed by atoms with Gasteiger partial charge in [0.15, 0.2) is 0 Å². The quantitative estimate of drug-likeness (QED) is 0.822. The Bertz CT molecular complexity index is 421. The van der Waals surface area contributed by atoms with Gasteiger partial charge in [-0.2, -0.15) is 0 Å². The molecule has 0 aromatic heterocycles. The van der Waals surface area contributed by atoms with E-state index in [1.807, 2.05) is 6.92 Å². The van der Waals surface area contributed by atoms with Crippen molar-refractivity contribution in [3.8, 4) is 0 Å². The Morgan fingerprint density at radius 3 is 2.68 bits per heavy atom. The Hall–Kier alpha value is -1.00. The zero-order chi connectivity index (χ0) is 13.8. The molecular formula is C15H21F2NO. The van der Waals surface area contributed by atoms with Crippen molar-refractivity contribution < 1.29 is 13.9 Å². The van der Waals surface area contributed by atoms with Gasteiger partial charge in [0.25, 0.3) is 0 Å². The van der Waals surface area contributed by atoms with Gasteiger partial charge in [-0.15, -0.1) is 0 Å². The van der Waals surface area contributed by atoms with Crippen molar-refractivity contribution in [3.05, 3.63) is 35.4 Å². The molecule has 1 aromatic carbocycles. The summed E-state index contributed by atoms with van der Waals surface area (Å²) in [5.74, 6) is -1.05. The molecule has 0 spiro atoms. The lowest BCUT2D eigenvalue weighted by Gasteiger charge is -2.25. The number of aliphatic hydroxyl groups is 1. The molecule has 0 radical (unpaired) electrons. The van der Waals surface area contributed by atoms with Crippen LogP contribution in [0.2, 0.25) is 0 Å². The third-order valence-corrected chi connectivity index (χ3v) is 3.52. The van der Waals surface area contributed by atoms with E-state index in [0.29, 0.717) is 24.7 Å². The fourth-order valence-electron chi connectivity index (χ4n) is 2.35. The highest BCUT2D eigenvalue weighted by atomic mass is 19.1. The van der Waals surface area contributed by atoms with E-state index in [2.05, 4.69) is 4.90 Å². The summed E-state index contributed by atoms with van der Waals surface area (Å²) < 4.78 is 26.5. The van der Waals surface area contributed by atoms with E-state index < -0.39 is 11.6 Å². The van der Waals surface area contributed by atoms with Crippen LogP contribution in [-0.2, 0) is 6.54 Å². The predicted octanol–water partition coefficient (Wildman–Crippen LogP) is 3.09. The smallest absolute Gasteiger partial charge is 0.130 e. The lowest BCUT2D eigenvalue weighted by Crippen LogP contribution is -2.34. The first-order valence-electron chi connectivity index (χ1n) is 6.96. The molecule has 1 aliphatic rings. The van der Waals surface area contributed by atoms with Crippen LogP contribution in [0.25, 0.3) is 0 Å². The third-order valence-electron chi connectivity index (χ3n) is 3.52. The highest BCUT2D eigenvalue weighted by Gasteiger charge is 2.30. The van der Waals surface area contributed by atoms with Crippen molar-refractivity contribution in [1.82, 2.24) is 4.90 Å². The first-order chi connectivity index (χ1) is 9.10. The normalized spacial score (nSPS) is 16.9. The molecule has 4 heteroatoms. The molecule has 2 nitrogen and oxygen atoms in total. The molecule has 1 atom stereocenters. The van der Waals surface area contributed by atoms with Crippen LogP contribution in [0.1, 0.15) is 38.2 Å². The Kier molecular flexibility index (Phi) is 4.88. The van der Waals surface area contributed by atoms with Gasteiger partial charge in [-0.25, -0.2) is 8.78 Å². The number of hydrogen-bond donors (Lipinski definition) is 1. The molecule has 19 heavy (non-hydrogen) atoms. The summed E-state index contributed by atoms with van der Waals surface area (Å²) >= 11 is 0. The highest BCUT2D eigenvalue weighted by Crippen LogP contribution is 2.29. The van der Waals surface area contributed by atoms with Crippen LogP contribution in [0.15, 0.2) is 18.2 Å². The van der Waals surface area contributed by atoms with Gasteiger partial charge in [0.2, 0.25) is 0 Å². The molecule has 0 aliphatic heterocycles. The van der Waals surface area contributed by atoms with Gasteiger partial charge in [0.05, 0.1) is 6.10 Å². The van der Waals surface area contributed by atoms with E-state index in [9.17, 15) is 13.9 Å². The van der Waals surface area contributed by atoms with Crippen LogP contribution in [0.5, 0.6) is 0 Å². The minimum Gasteiger partial charge on any atom is -0.392 e. The minimum atomic E-state index is -0.551. The van der Waals surface area contributed by atoms with Crippen molar-refractivity contribution in [3.63, 3.8) is 0 Å². The van der Waals surface area contributed by atoms with E-state index in [1.165, 1.54) is 12.1 Å². The Labute approximate surface area is 113 Å². The molecule has 1 aromatic rings. The maximum atomic E-state index is 13.7. The van der Waals surface area contributed by atoms with Crippen molar-refractivity contribution in [2.75, 3.05) is 6.54 Å². The van der Waals surface area contributed by atoms with Crippen LogP contribution < -0.4 is 0 Å². The molecular weight excluding hydrogens is 248 g/mol. The molecule has 1 unspecified atom stereocenters. The van der Waals surface area contributed by atoms with Gasteiger partial charge in [0, 0.05) is 30.8 Å². The van der Waals surface area contributed by atoms with Crippen LogP contribution in [0.4, 0.5) is 8.78 Å². The Morgan fingerprint density at radius 1 is 1.37 bits per heavy atom. The van der Waals surface area contributed by atoms with Crippen LogP contribution in [0.3, 0.4) is 0 Å². The summed E-state index contributed by atoms with van der Waals surface area (Å²) in [7, 11) is 0. The first-order valence-corrected chi connectivity index (χ1v) is 6.96. The van der Waals surface area contributed by atoms with Gasteiger partial charge in [-0.1, -0.05) is 19.4 Å². The van der Waals surface area contributed by atoms with Crippen molar-refractivity contribution in [2.45, 2.75) is 51.3 Å². The van der Waals surface area contributed by atoms with Crippen molar-refractivity contribution >= 4 is 0 Å². The predicted molar refractivity (Wildman–Crippen MR) is 70.7 cm³/mol. The fourth-order valence-corrected chi connectivity index (χ4v) is 2.35. The fraction of sp³-hybridized carbons (Fsp3) is 0.600. The lowest BCUT2D eigenvalue weighted by molar-refractivity contribution is 0.0960. The van der Waals surface area contributed by atoms with Crippen LogP contribution in [0, 0.1) is 11.6 Å². The van der Waals surface area contributed by atoms with Gasteiger partial charge < -0.3 is 5.11 Å². The number of benzene rings is 1. The second kappa shape index (κ2) is 6.44. The monoisotopic (exact) mass is 269 g/mol. The standard InChI is InChI=1S/C15H21F2NO/c1-2-3-14(19)10-18(13-6-7-13)9-11-4-5-12(16)8-15(11)17/h4-5,8,13-14,19H,2-3,6-7,9-10H2,1H3. The lowest BCUT2D eigenvalue weighted by atomic mass is 10.1. The number of halogens is 2. The van der Waals surface area contributed by atoms with E-state index >= 15 is 0 Å². The van der Waals surface area contributed by atoms with Crippen LogP contribution >= 0.6 is 0 Å². The molecule has 1 saturated carbocycles. The average molecular weight is 269 g/mol. The Morgan fingerprint density at radius 2 is 2.11 bits per heavy atom. The maximum absolute atomic E-state index is 13.7. The Balaban J connectivity index is 2.00. The van der Waals surface area contributed by atoms with Crippen molar-refractivity contribution in [1.29, 1.82) is 0 Å². The van der Waals surface area contributed by atoms with E-state index in [-0.39, 0.29) is 6.10 Å². The molecule has 2 rings (SSSR count). The summed E-state index contributed by atoms with van der Waals surface area (Å²) in [5.41, 5.74) is 0.497. The molecule has 106 valence electrons. The summed E-state index contributed by atoms with van der Waals surface area (Å²) in [4.78, 5) is 2.11. The average Bonchev–Trinajstić information content (AvgIpc) is 3.16. The van der Waals surface area contributed by atoms with Crippen LogP contribution in [-0.4, -0.2) is 28.7 Å². The molecule has 1 fully saturated rings. The number of rotatable bonds is 7. The summed E-state index contributed by atoms with van der Waals surface area (Å²) in [5, 5.41) is 9.89. The second-order valence-electron chi connectivity index (χ2n) is 5.34. The number of aliphatic hydroxyl groups excluding tert-OH is 1. The molecule has 0 heterocycles. The zero-order valence-corrected chi connectivity index (χ0v) is 11.3. The summed E-state index contributed by atoms with van der Waals surface area (Å²) in [6, 6.07) is 4.14. The third kappa shape index (κ3) is 4.25. The summed E-state index contributed by atoms with van der Waals surface area (Å²) in [6.45, 7) is 3.04. The maximum Gasteiger partial charge on any atom is 0.130 e. The molecule has 0 saturated heterocycles. The molecule has 1 N–H and O–H groups in total. The summed E-state index contributed by atoms with van der Waals surface area (Å²) in [6.07, 6.45) is 3.53. The number of hydrogen-bond acceptors (Lipinski definition) is 2. The molecule has 0 amide bonds. The van der Waals surface area contributed by atoms with E-state index in [4.69, 9.17) is 0 Å². The van der Waals surface area contributed by atoms with Gasteiger partial charge in [0.1, 0.15) is 11.6 Å². The van der Waals surface area contributed by atoms with E-state index in [1.54, 1.807) is 0 Å². The van der Waals surface area contributed by atoms with Gasteiger partial charge >= 0.3 is 0 Å².